The van der Waals surface area contributed by atoms with Gasteiger partial charge in [-0.05, 0) is 27.7 Å². The highest BCUT2D eigenvalue weighted by Gasteiger charge is 1.99. The first-order valence-corrected chi connectivity index (χ1v) is 3.93. The summed E-state index contributed by atoms with van der Waals surface area (Å²) in [4.78, 5) is 0. The van der Waals surface area contributed by atoms with E-state index in [0.29, 0.717) is 5.47 Å². The second kappa shape index (κ2) is 4.39. The largest absolute Gasteiger partial charge is 0.114 e. The smallest absolute Gasteiger partial charge is 0.106 e. The normalized spacial score (nSPS) is 12.0. The Kier molecular flexibility index (Phi) is 4.16. The first kappa shape index (κ1) is 11.3. The molecule has 0 N–H and O–H groups in total. The van der Waals surface area contributed by atoms with Gasteiger partial charge in [-0.1, -0.05) is 22.2 Å². The van der Waals surface area contributed by atoms with Crippen molar-refractivity contribution < 1.29 is 0 Å². The molecule has 0 nitrogen and oxygen atoms in total. The Balaban J connectivity index is 5.06. The zero-order valence-corrected chi connectivity index (χ0v) is 8.36. The predicted molar refractivity (Wildman–Crippen MR) is 57.4 cm³/mol. The standard InChI is InChI=1S/C10H14B2/c1-6(2)10(12)8(4)7(3)9(5)11/h5H2,1-4H3/b8-7-. The molecule has 0 bridgehead atoms. The maximum absolute atomic E-state index is 5.82. The van der Waals surface area contributed by atoms with Gasteiger partial charge in [-0.2, -0.15) is 0 Å². The van der Waals surface area contributed by atoms with E-state index in [9.17, 15) is 0 Å². The van der Waals surface area contributed by atoms with E-state index in [1.165, 1.54) is 0 Å². The van der Waals surface area contributed by atoms with Crippen LogP contribution in [-0.2, 0) is 0 Å². The molecule has 2 heteroatoms. The molecule has 0 fully saturated rings. The van der Waals surface area contributed by atoms with Crippen LogP contribution in [0.5, 0.6) is 0 Å². The SMILES string of the molecule is [B]C(=C)/C(C)=C(/C)C([B])=C(C)C. The molecule has 0 aliphatic rings. The minimum absolute atomic E-state index is 0.580. The predicted octanol–water partition coefficient (Wildman–Crippen LogP) is 2.47. The lowest BCUT2D eigenvalue weighted by atomic mass is 9.79. The molecule has 0 rings (SSSR count). The summed E-state index contributed by atoms with van der Waals surface area (Å²) in [5.74, 6) is 0. The van der Waals surface area contributed by atoms with Crippen LogP contribution in [0.3, 0.4) is 0 Å². The summed E-state index contributed by atoms with van der Waals surface area (Å²) in [6.45, 7) is 11.5. The lowest BCUT2D eigenvalue weighted by molar-refractivity contribution is 1.28. The summed E-state index contributed by atoms with van der Waals surface area (Å²) >= 11 is 0. The van der Waals surface area contributed by atoms with Crippen molar-refractivity contribution in [2.75, 3.05) is 0 Å². The highest BCUT2D eigenvalue weighted by molar-refractivity contribution is 6.26. The molecular formula is C10H14B2. The first-order chi connectivity index (χ1) is 5.37. The Hall–Kier alpha value is -0.650. The Morgan fingerprint density at radius 2 is 1.33 bits per heavy atom. The molecule has 0 aliphatic heterocycles. The van der Waals surface area contributed by atoms with Crippen molar-refractivity contribution in [1.29, 1.82) is 0 Å². The molecular weight excluding hydrogens is 142 g/mol. The molecule has 0 aromatic carbocycles. The average molecular weight is 156 g/mol. The number of rotatable bonds is 2. The van der Waals surface area contributed by atoms with Crippen molar-refractivity contribution in [1.82, 2.24) is 0 Å². The van der Waals surface area contributed by atoms with E-state index in [-0.39, 0.29) is 0 Å². The molecule has 0 spiro atoms. The molecule has 0 aliphatic carbocycles. The van der Waals surface area contributed by atoms with Gasteiger partial charge in [0.2, 0.25) is 0 Å². The van der Waals surface area contributed by atoms with Crippen LogP contribution < -0.4 is 0 Å². The summed E-state index contributed by atoms with van der Waals surface area (Å²) in [7, 11) is 11.4. The monoisotopic (exact) mass is 156 g/mol. The number of allylic oxidation sites excluding steroid dienone is 5. The molecule has 12 heavy (non-hydrogen) atoms. The van der Waals surface area contributed by atoms with Crippen molar-refractivity contribution in [3.63, 3.8) is 0 Å². The van der Waals surface area contributed by atoms with Gasteiger partial charge in [0.1, 0.15) is 15.7 Å². The quantitative estimate of drug-likeness (QED) is 0.425. The molecule has 0 aromatic heterocycles. The minimum atomic E-state index is 0.580. The second-order valence-corrected chi connectivity index (χ2v) is 3.19. The lowest BCUT2D eigenvalue weighted by Gasteiger charge is -2.10. The van der Waals surface area contributed by atoms with Gasteiger partial charge < -0.3 is 0 Å². The fourth-order valence-electron chi connectivity index (χ4n) is 0.818. The van der Waals surface area contributed by atoms with Gasteiger partial charge in [-0.25, -0.2) is 0 Å². The van der Waals surface area contributed by atoms with Crippen LogP contribution in [0.1, 0.15) is 27.7 Å². The molecule has 0 heterocycles. The molecule has 0 atom stereocenters. The lowest BCUT2D eigenvalue weighted by Crippen LogP contribution is -1.94. The maximum atomic E-state index is 5.82. The molecule has 60 valence electrons. The van der Waals surface area contributed by atoms with Crippen LogP contribution in [-0.4, -0.2) is 15.7 Å². The number of hydrogen-bond donors (Lipinski definition) is 0. The van der Waals surface area contributed by atoms with Gasteiger partial charge in [-0.15, -0.1) is 12.1 Å². The Bertz CT molecular complexity index is 253. The van der Waals surface area contributed by atoms with E-state index >= 15 is 0 Å². The molecule has 4 radical (unpaired) electrons. The van der Waals surface area contributed by atoms with E-state index in [0.717, 1.165) is 22.2 Å². The van der Waals surface area contributed by atoms with Crippen molar-refractivity contribution in [2.24, 2.45) is 0 Å². The fraction of sp³-hybridized carbons (Fsp3) is 0.400. The Morgan fingerprint density at radius 1 is 0.917 bits per heavy atom. The van der Waals surface area contributed by atoms with E-state index in [1.54, 1.807) is 0 Å². The zero-order chi connectivity index (χ0) is 9.89. The van der Waals surface area contributed by atoms with Gasteiger partial charge in [-0.3, -0.25) is 0 Å². The van der Waals surface area contributed by atoms with Crippen LogP contribution in [0.4, 0.5) is 0 Å². The average Bonchev–Trinajstić information content (AvgIpc) is 2.00. The third-order valence-corrected chi connectivity index (χ3v) is 1.99. The van der Waals surface area contributed by atoms with E-state index in [1.807, 2.05) is 27.7 Å². The summed E-state index contributed by atoms with van der Waals surface area (Å²) < 4.78 is 0. The van der Waals surface area contributed by atoms with Gasteiger partial charge in [0.25, 0.3) is 0 Å². The number of hydrogen-bond acceptors (Lipinski definition) is 0. The zero-order valence-electron chi connectivity index (χ0n) is 8.36. The highest BCUT2D eigenvalue weighted by Crippen LogP contribution is 2.17. The highest BCUT2D eigenvalue weighted by atomic mass is 14.0. The molecule has 0 saturated heterocycles. The third-order valence-electron chi connectivity index (χ3n) is 1.99. The van der Waals surface area contributed by atoms with Gasteiger partial charge in [0.15, 0.2) is 0 Å². The fourth-order valence-corrected chi connectivity index (χ4v) is 0.818. The van der Waals surface area contributed by atoms with Crippen LogP contribution >= 0.6 is 0 Å². The van der Waals surface area contributed by atoms with Gasteiger partial charge in [0.05, 0.1) is 0 Å². The Labute approximate surface area is 78.3 Å². The van der Waals surface area contributed by atoms with E-state index in [4.69, 9.17) is 15.7 Å². The van der Waals surface area contributed by atoms with Gasteiger partial charge in [0, 0.05) is 0 Å². The second-order valence-electron chi connectivity index (χ2n) is 3.19. The van der Waals surface area contributed by atoms with E-state index in [2.05, 4.69) is 6.58 Å². The van der Waals surface area contributed by atoms with Gasteiger partial charge >= 0.3 is 0 Å². The van der Waals surface area contributed by atoms with Crippen molar-refractivity contribution in [3.05, 3.63) is 34.2 Å². The maximum Gasteiger partial charge on any atom is 0.114 e. The minimum Gasteiger partial charge on any atom is -0.106 e. The van der Waals surface area contributed by atoms with E-state index < -0.39 is 0 Å². The summed E-state index contributed by atoms with van der Waals surface area (Å²) in [5, 5.41) is 0. The third kappa shape index (κ3) is 2.77. The molecule has 0 saturated carbocycles. The van der Waals surface area contributed by atoms with Crippen LogP contribution in [0.15, 0.2) is 34.2 Å². The topological polar surface area (TPSA) is 0 Å². The summed E-state index contributed by atoms with van der Waals surface area (Å²) in [5.41, 5.74) is 4.47. The summed E-state index contributed by atoms with van der Waals surface area (Å²) in [6.07, 6.45) is 0. The van der Waals surface area contributed by atoms with Crippen LogP contribution in [0.25, 0.3) is 0 Å². The molecule has 0 amide bonds. The van der Waals surface area contributed by atoms with Crippen molar-refractivity contribution in [2.45, 2.75) is 27.7 Å². The molecule has 0 unspecified atom stereocenters. The van der Waals surface area contributed by atoms with Crippen LogP contribution in [0.2, 0.25) is 0 Å². The van der Waals surface area contributed by atoms with Crippen molar-refractivity contribution >= 4 is 15.7 Å². The first-order valence-electron chi connectivity index (χ1n) is 3.93. The van der Waals surface area contributed by atoms with Crippen LogP contribution in [0, 0.1) is 0 Å². The summed E-state index contributed by atoms with van der Waals surface area (Å²) in [6, 6.07) is 0. The van der Waals surface area contributed by atoms with Crippen molar-refractivity contribution in [3.8, 4) is 0 Å². The Morgan fingerprint density at radius 3 is 1.58 bits per heavy atom. The molecule has 0 aromatic rings.